The molecule has 0 unspecified atom stereocenters. The van der Waals surface area contributed by atoms with Gasteiger partial charge < -0.3 is 5.32 Å². The molecule has 0 aliphatic heterocycles. The van der Waals surface area contributed by atoms with Crippen LogP contribution >= 0.6 is 11.3 Å². The Bertz CT molecular complexity index is 817. The molecular formula is C14H16F3N3O2S2. The van der Waals surface area contributed by atoms with Gasteiger partial charge in [0.25, 0.3) is 0 Å². The molecule has 2 rings (SSSR count). The van der Waals surface area contributed by atoms with E-state index in [0.717, 1.165) is 10.9 Å². The van der Waals surface area contributed by atoms with Crippen molar-refractivity contribution in [2.75, 3.05) is 18.4 Å². The first-order valence-corrected chi connectivity index (χ1v) is 9.24. The summed E-state index contributed by atoms with van der Waals surface area (Å²) >= 11 is 1.38. The van der Waals surface area contributed by atoms with Crippen LogP contribution < -0.4 is 10.0 Å². The summed E-state index contributed by atoms with van der Waals surface area (Å²) in [5.74, 6) is 0.0339. The fraction of sp³-hybridized carbons (Fsp3) is 0.357. The number of aryl methyl sites for hydroxylation is 2. The van der Waals surface area contributed by atoms with Crippen molar-refractivity contribution in [2.45, 2.75) is 24.9 Å². The van der Waals surface area contributed by atoms with E-state index < -0.39 is 21.9 Å². The Morgan fingerprint density at radius 1 is 1.21 bits per heavy atom. The molecule has 24 heavy (non-hydrogen) atoms. The molecule has 0 amide bonds. The van der Waals surface area contributed by atoms with Crippen LogP contribution in [0.3, 0.4) is 0 Å². The standard InChI is InChI=1S/C14H16F3N3O2S2/c1-9-8-11(10(2)23-9)24(21,22)19-7-6-18-13-5-3-4-12(20-13)14(15,16)17/h3-5,8,19H,6-7H2,1-2H3,(H,18,20). The van der Waals surface area contributed by atoms with E-state index in [1.807, 2.05) is 6.92 Å². The number of nitrogens with zero attached hydrogens (tertiary/aromatic N) is 1. The number of rotatable bonds is 6. The zero-order valence-electron chi connectivity index (χ0n) is 12.9. The predicted octanol–water partition coefficient (Wildman–Crippen LogP) is 3.17. The summed E-state index contributed by atoms with van der Waals surface area (Å²) in [6.45, 7) is 3.67. The van der Waals surface area contributed by atoms with E-state index in [4.69, 9.17) is 0 Å². The Balaban J connectivity index is 1.92. The largest absolute Gasteiger partial charge is 0.433 e. The summed E-state index contributed by atoms with van der Waals surface area (Å²) in [5.41, 5.74) is -1.00. The van der Waals surface area contributed by atoms with Crippen molar-refractivity contribution in [3.05, 3.63) is 39.7 Å². The van der Waals surface area contributed by atoms with Gasteiger partial charge in [-0.25, -0.2) is 18.1 Å². The molecule has 2 heterocycles. The molecule has 0 atom stereocenters. The molecule has 0 bridgehead atoms. The van der Waals surface area contributed by atoms with Gasteiger partial charge in [0.15, 0.2) is 0 Å². The molecule has 0 fully saturated rings. The van der Waals surface area contributed by atoms with Gasteiger partial charge >= 0.3 is 6.18 Å². The van der Waals surface area contributed by atoms with Crippen molar-refractivity contribution in [1.29, 1.82) is 0 Å². The molecule has 0 aromatic carbocycles. The summed E-state index contributed by atoms with van der Waals surface area (Å²) in [5, 5.41) is 2.67. The van der Waals surface area contributed by atoms with E-state index >= 15 is 0 Å². The highest BCUT2D eigenvalue weighted by Gasteiger charge is 2.32. The number of hydrogen-bond acceptors (Lipinski definition) is 5. The predicted molar refractivity (Wildman–Crippen MR) is 86.7 cm³/mol. The molecule has 0 saturated heterocycles. The van der Waals surface area contributed by atoms with Crippen LogP contribution in [0.4, 0.5) is 19.0 Å². The van der Waals surface area contributed by atoms with Gasteiger partial charge in [-0.15, -0.1) is 11.3 Å². The molecule has 132 valence electrons. The van der Waals surface area contributed by atoms with Gasteiger partial charge in [0.1, 0.15) is 11.5 Å². The van der Waals surface area contributed by atoms with Gasteiger partial charge in [-0.1, -0.05) is 6.07 Å². The first-order valence-electron chi connectivity index (χ1n) is 6.94. The monoisotopic (exact) mass is 379 g/mol. The molecule has 2 aromatic rings. The first kappa shape index (κ1) is 18.7. The maximum Gasteiger partial charge on any atom is 0.433 e. The van der Waals surface area contributed by atoms with Crippen LogP contribution in [0.25, 0.3) is 0 Å². The second kappa shape index (κ2) is 7.08. The summed E-state index contributed by atoms with van der Waals surface area (Å²) in [6.07, 6.45) is -4.52. The van der Waals surface area contributed by atoms with Gasteiger partial charge in [-0.3, -0.25) is 0 Å². The number of aromatic nitrogens is 1. The minimum absolute atomic E-state index is 0.0224. The zero-order valence-corrected chi connectivity index (χ0v) is 14.6. The first-order chi connectivity index (χ1) is 11.1. The summed E-state index contributed by atoms with van der Waals surface area (Å²) in [7, 11) is -3.64. The molecule has 0 radical (unpaired) electrons. The van der Waals surface area contributed by atoms with Crippen molar-refractivity contribution in [3.63, 3.8) is 0 Å². The molecule has 2 N–H and O–H groups in total. The van der Waals surface area contributed by atoms with Crippen LogP contribution in [-0.4, -0.2) is 26.5 Å². The lowest BCUT2D eigenvalue weighted by molar-refractivity contribution is -0.141. The quantitative estimate of drug-likeness (QED) is 0.757. The number of alkyl halides is 3. The van der Waals surface area contributed by atoms with E-state index in [9.17, 15) is 21.6 Å². The number of sulfonamides is 1. The smallest absolute Gasteiger partial charge is 0.369 e. The van der Waals surface area contributed by atoms with Crippen LogP contribution in [0.5, 0.6) is 0 Å². The fourth-order valence-corrected chi connectivity index (χ4v) is 4.60. The van der Waals surface area contributed by atoms with Crippen molar-refractivity contribution < 1.29 is 21.6 Å². The molecule has 2 aromatic heterocycles. The highest BCUT2D eigenvalue weighted by molar-refractivity contribution is 7.89. The highest BCUT2D eigenvalue weighted by atomic mass is 32.2. The van der Waals surface area contributed by atoms with Crippen LogP contribution in [0, 0.1) is 13.8 Å². The third-order valence-electron chi connectivity index (χ3n) is 3.05. The number of anilines is 1. The Kier molecular flexibility index (Phi) is 5.51. The molecular weight excluding hydrogens is 363 g/mol. The number of halogens is 3. The normalized spacial score (nSPS) is 12.4. The Labute approximate surface area is 142 Å². The SMILES string of the molecule is Cc1cc(S(=O)(=O)NCCNc2cccc(C(F)(F)F)n2)c(C)s1. The van der Waals surface area contributed by atoms with E-state index in [1.165, 1.54) is 23.5 Å². The average Bonchev–Trinajstić information content (AvgIpc) is 2.83. The van der Waals surface area contributed by atoms with Gasteiger partial charge in [-0.05, 0) is 32.0 Å². The minimum Gasteiger partial charge on any atom is -0.369 e. The van der Waals surface area contributed by atoms with Crippen molar-refractivity contribution in [2.24, 2.45) is 0 Å². The summed E-state index contributed by atoms with van der Waals surface area (Å²) in [4.78, 5) is 5.24. The van der Waals surface area contributed by atoms with Crippen molar-refractivity contribution in [1.82, 2.24) is 9.71 Å². The van der Waals surface area contributed by atoms with Crippen molar-refractivity contribution in [3.8, 4) is 0 Å². The number of pyridine rings is 1. The summed E-state index contributed by atoms with van der Waals surface area (Å²) in [6, 6.07) is 5.08. The third kappa shape index (κ3) is 4.68. The maximum absolute atomic E-state index is 12.6. The van der Waals surface area contributed by atoms with Crippen LogP contribution in [-0.2, 0) is 16.2 Å². The Hall–Kier alpha value is -1.65. The van der Waals surface area contributed by atoms with Gasteiger partial charge in [0.05, 0.1) is 4.90 Å². The lowest BCUT2D eigenvalue weighted by Crippen LogP contribution is -2.29. The average molecular weight is 379 g/mol. The second-order valence-electron chi connectivity index (χ2n) is 5.01. The lowest BCUT2D eigenvalue weighted by Gasteiger charge is -2.10. The van der Waals surface area contributed by atoms with Crippen LogP contribution in [0.2, 0.25) is 0 Å². The lowest BCUT2D eigenvalue weighted by atomic mass is 10.3. The molecule has 0 aliphatic rings. The third-order valence-corrected chi connectivity index (χ3v) is 5.73. The van der Waals surface area contributed by atoms with E-state index in [-0.39, 0.29) is 23.8 Å². The van der Waals surface area contributed by atoms with Gasteiger partial charge in [-0.2, -0.15) is 13.2 Å². The number of nitrogens with one attached hydrogen (secondary N) is 2. The van der Waals surface area contributed by atoms with Crippen molar-refractivity contribution >= 4 is 27.2 Å². The van der Waals surface area contributed by atoms with Crippen LogP contribution in [0.1, 0.15) is 15.4 Å². The second-order valence-corrected chi connectivity index (χ2v) is 8.20. The van der Waals surface area contributed by atoms with E-state index in [2.05, 4.69) is 15.0 Å². The van der Waals surface area contributed by atoms with E-state index in [1.54, 1.807) is 13.0 Å². The Morgan fingerprint density at radius 3 is 2.50 bits per heavy atom. The topological polar surface area (TPSA) is 71.1 Å². The van der Waals surface area contributed by atoms with E-state index in [0.29, 0.717) is 4.88 Å². The fourth-order valence-electron chi connectivity index (χ4n) is 2.02. The molecule has 0 spiro atoms. The van der Waals surface area contributed by atoms with Crippen LogP contribution in [0.15, 0.2) is 29.2 Å². The Morgan fingerprint density at radius 2 is 1.92 bits per heavy atom. The number of hydrogen-bond donors (Lipinski definition) is 2. The molecule has 5 nitrogen and oxygen atoms in total. The molecule has 0 saturated carbocycles. The molecule has 10 heteroatoms. The number of thiophene rings is 1. The summed E-state index contributed by atoms with van der Waals surface area (Å²) < 4.78 is 64.4. The highest BCUT2D eigenvalue weighted by Crippen LogP contribution is 2.28. The minimum atomic E-state index is -4.52. The zero-order chi connectivity index (χ0) is 18.0. The van der Waals surface area contributed by atoms with Gasteiger partial charge in [0, 0.05) is 22.8 Å². The maximum atomic E-state index is 12.6. The molecule has 0 aliphatic carbocycles. The van der Waals surface area contributed by atoms with Gasteiger partial charge in [0.2, 0.25) is 10.0 Å².